The summed E-state index contributed by atoms with van der Waals surface area (Å²) in [6.07, 6.45) is 3.04. The van der Waals surface area contributed by atoms with Crippen LogP contribution in [0, 0.1) is 0 Å². The topological polar surface area (TPSA) is 105 Å². The van der Waals surface area contributed by atoms with Crippen LogP contribution >= 0.6 is 15.9 Å². The first-order valence-corrected chi connectivity index (χ1v) is 7.17. The number of nitrogens with zero attached hydrogens (tertiary/aromatic N) is 6. The number of aromatic nitrogens is 6. The van der Waals surface area contributed by atoms with Crippen LogP contribution in [-0.4, -0.2) is 29.7 Å². The Kier molecular flexibility index (Phi) is 4.03. The number of nitrogen functional groups attached to an aromatic ring is 1. The van der Waals surface area contributed by atoms with Crippen molar-refractivity contribution in [2.75, 3.05) is 5.73 Å². The number of nitrogens with two attached hydrogens (primary N) is 1. The van der Waals surface area contributed by atoms with Gasteiger partial charge in [-0.1, -0.05) is 0 Å². The fraction of sp³-hybridized carbons (Fsp3) is 0.250. The van der Waals surface area contributed by atoms with E-state index in [0.29, 0.717) is 20.1 Å². The smallest absolute Gasteiger partial charge is 0.334 e. The zero-order chi connectivity index (χ0) is 16.6. The molecule has 0 fully saturated rings. The zero-order valence-electron chi connectivity index (χ0n) is 11.7. The highest BCUT2D eigenvalue weighted by Crippen LogP contribution is 2.32. The van der Waals surface area contributed by atoms with E-state index in [1.807, 2.05) is 0 Å². The van der Waals surface area contributed by atoms with Gasteiger partial charge in [0, 0.05) is 6.20 Å². The Hall–Kier alpha value is -2.43. The van der Waals surface area contributed by atoms with Crippen LogP contribution in [-0.2, 0) is 0 Å². The number of pyridine rings is 1. The molecule has 3 rings (SSSR count). The molecule has 0 spiro atoms. The van der Waals surface area contributed by atoms with Crippen molar-refractivity contribution < 1.29 is 13.5 Å². The van der Waals surface area contributed by atoms with Gasteiger partial charge in [-0.2, -0.15) is 13.5 Å². The average molecular weight is 386 g/mol. The molecule has 0 aliphatic rings. The highest BCUT2D eigenvalue weighted by Gasteiger charge is 2.19. The molecular weight excluding hydrogens is 376 g/mol. The zero-order valence-corrected chi connectivity index (χ0v) is 13.3. The van der Waals surface area contributed by atoms with Crippen LogP contribution in [0.4, 0.5) is 14.6 Å². The Morgan fingerprint density at radius 3 is 2.74 bits per heavy atom. The summed E-state index contributed by atoms with van der Waals surface area (Å²) >= 11 is 3.32. The molecule has 2 N–H and O–H groups in total. The highest BCUT2D eigenvalue weighted by atomic mass is 79.9. The van der Waals surface area contributed by atoms with Crippen molar-refractivity contribution in [1.82, 2.24) is 29.7 Å². The van der Waals surface area contributed by atoms with Gasteiger partial charge in [0.15, 0.2) is 11.9 Å². The Morgan fingerprint density at radius 2 is 2.04 bits per heavy atom. The van der Waals surface area contributed by atoms with E-state index in [9.17, 15) is 8.78 Å². The van der Waals surface area contributed by atoms with Gasteiger partial charge in [0.25, 0.3) is 0 Å². The first-order chi connectivity index (χ1) is 11.0. The van der Waals surface area contributed by atoms with Crippen LogP contribution in [0.3, 0.4) is 0 Å². The number of hydrogen-bond donors (Lipinski definition) is 1. The maximum absolute atomic E-state index is 12.5. The summed E-state index contributed by atoms with van der Waals surface area (Å²) < 4.78 is 31.8. The van der Waals surface area contributed by atoms with E-state index in [4.69, 9.17) is 10.5 Å². The van der Waals surface area contributed by atoms with Gasteiger partial charge in [0.2, 0.25) is 5.88 Å². The van der Waals surface area contributed by atoms with E-state index >= 15 is 0 Å². The minimum Gasteiger partial charge on any atom is -0.466 e. The Labute approximate surface area is 136 Å². The van der Waals surface area contributed by atoms with E-state index in [1.54, 1.807) is 6.92 Å². The molecule has 3 aromatic heterocycles. The lowest BCUT2D eigenvalue weighted by atomic mass is 10.3. The minimum absolute atomic E-state index is 0.0959. The average Bonchev–Trinajstić information content (AvgIpc) is 3.00. The van der Waals surface area contributed by atoms with E-state index < -0.39 is 12.7 Å². The molecule has 0 amide bonds. The number of alkyl halides is 2. The number of rotatable bonds is 4. The largest absolute Gasteiger partial charge is 0.466 e. The molecule has 0 aliphatic heterocycles. The third-order valence-corrected chi connectivity index (χ3v) is 3.57. The normalized spacial score (nSPS) is 12.7. The van der Waals surface area contributed by atoms with Gasteiger partial charge in [-0.15, -0.1) is 5.10 Å². The predicted octanol–water partition coefficient (Wildman–Crippen LogP) is 2.50. The molecule has 23 heavy (non-hydrogen) atoms. The molecule has 3 heterocycles. The SMILES string of the molecule is CC(Oc1ncc(Br)c2ncnc(N)c12)c1ncn(C(F)F)n1. The van der Waals surface area contributed by atoms with Crippen molar-refractivity contribution in [2.24, 2.45) is 0 Å². The van der Waals surface area contributed by atoms with E-state index in [0.717, 1.165) is 6.33 Å². The van der Waals surface area contributed by atoms with Gasteiger partial charge in [-0.05, 0) is 22.9 Å². The molecule has 0 saturated heterocycles. The predicted molar refractivity (Wildman–Crippen MR) is 79.8 cm³/mol. The van der Waals surface area contributed by atoms with Crippen molar-refractivity contribution in [1.29, 1.82) is 0 Å². The van der Waals surface area contributed by atoms with E-state index in [1.165, 1.54) is 12.5 Å². The lowest BCUT2D eigenvalue weighted by Gasteiger charge is -2.13. The molecule has 120 valence electrons. The maximum Gasteiger partial charge on any atom is 0.334 e. The number of hydrogen-bond acceptors (Lipinski definition) is 7. The van der Waals surface area contributed by atoms with Crippen molar-refractivity contribution in [3.05, 3.63) is 29.1 Å². The lowest BCUT2D eigenvalue weighted by molar-refractivity contribution is 0.0550. The summed E-state index contributed by atoms with van der Waals surface area (Å²) in [5.41, 5.74) is 6.39. The summed E-state index contributed by atoms with van der Waals surface area (Å²) in [6, 6.07) is 0. The molecular formula is C12H10BrF2N7O. The van der Waals surface area contributed by atoms with Gasteiger partial charge in [0.1, 0.15) is 23.9 Å². The van der Waals surface area contributed by atoms with E-state index in [-0.39, 0.29) is 17.5 Å². The number of halogens is 3. The van der Waals surface area contributed by atoms with Crippen LogP contribution in [0.5, 0.6) is 5.88 Å². The van der Waals surface area contributed by atoms with Crippen molar-refractivity contribution in [2.45, 2.75) is 19.6 Å². The fourth-order valence-electron chi connectivity index (χ4n) is 1.91. The molecule has 0 radical (unpaired) electrons. The fourth-order valence-corrected chi connectivity index (χ4v) is 2.31. The summed E-state index contributed by atoms with van der Waals surface area (Å²) in [6.45, 7) is -1.15. The quantitative estimate of drug-likeness (QED) is 0.735. The summed E-state index contributed by atoms with van der Waals surface area (Å²) in [5.74, 6) is 0.456. The molecule has 0 saturated carbocycles. The Balaban J connectivity index is 1.96. The van der Waals surface area contributed by atoms with Crippen molar-refractivity contribution in [3.63, 3.8) is 0 Å². The number of anilines is 1. The Bertz CT molecular complexity index is 857. The molecule has 8 nitrogen and oxygen atoms in total. The monoisotopic (exact) mass is 385 g/mol. The van der Waals surface area contributed by atoms with Gasteiger partial charge in [-0.25, -0.2) is 19.9 Å². The van der Waals surface area contributed by atoms with E-state index in [2.05, 4.69) is 41.0 Å². The second-order valence-corrected chi connectivity index (χ2v) is 5.37. The summed E-state index contributed by atoms with van der Waals surface area (Å²) in [4.78, 5) is 16.0. The lowest BCUT2D eigenvalue weighted by Crippen LogP contribution is -2.09. The molecule has 0 bridgehead atoms. The maximum atomic E-state index is 12.5. The third-order valence-electron chi connectivity index (χ3n) is 2.99. The molecule has 1 atom stereocenters. The van der Waals surface area contributed by atoms with Crippen LogP contribution in [0.2, 0.25) is 0 Å². The van der Waals surface area contributed by atoms with Gasteiger partial charge in [0.05, 0.1) is 9.99 Å². The second-order valence-electron chi connectivity index (χ2n) is 4.51. The molecule has 3 aromatic rings. The van der Waals surface area contributed by atoms with Crippen molar-refractivity contribution >= 4 is 32.7 Å². The first kappa shape index (κ1) is 15.5. The van der Waals surface area contributed by atoms with Crippen LogP contribution in [0.25, 0.3) is 10.9 Å². The van der Waals surface area contributed by atoms with Gasteiger partial charge < -0.3 is 10.5 Å². The second kappa shape index (κ2) is 5.99. The number of ether oxygens (including phenoxy) is 1. The molecule has 11 heteroatoms. The highest BCUT2D eigenvalue weighted by molar-refractivity contribution is 9.10. The standard InChI is InChI=1S/C12H10BrF2N7O/c1-5(10-20-4-22(21-10)12(14)15)23-11-7-8(6(13)2-17-11)18-3-19-9(7)16/h2-5,12H,1H3,(H2,16,18,19). The van der Waals surface area contributed by atoms with Gasteiger partial charge in [-0.3, -0.25) is 0 Å². The summed E-state index contributed by atoms with van der Waals surface area (Å²) in [5, 5.41) is 4.08. The van der Waals surface area contributed by atoms with Crippen molar-refractivity contribution in [3.8, 4) is 5.88 Å². The Morgan fingerprint density at radius 1 is 1.26 bits per heavy atom. The third kappa shape index (κ3) is 2.91. The number of fused-ring (bicyclic) bond motifs is 1. The first-order valence-electron chi connectivity index (χ1n) is 6.38. The van der Waals surface area contributed by atoms with Crippen LogP contribution in [0.15, 0.2) is 23.3 Å². The summed E-state index contributed by atoms with van der Waals surface area (Å²) in [7, 11) is 0. The minimum atomic E-state index is -2.76. The molecule has 1 unspecified atom stereocenters. The van der Waals surface area contributed by atoms with Gasteiger partial charge >= 0.3 is 6.55 Å². The van der Waals surface area contributed by atoms with Crippen LogP contribution < -0.4 is 10.5 Å². The molecule has 0 aliphatic carbocycles. The van der Waals surface area contributed by atoms with Crippen LogP contribution in [0.1, 0.15) is 25.4 Å². The molecule has 0 aromatic carbocycles.